The van der Waals surface area contributed by atoms with Gasteiger partial charge in [0.25, 0.3) is 0 Å². The third kappa shape index (κ3) is 1.74. The van der Waals surface area contributed by atoms with E-state index in [9.17, 15) is 0 Å². The van der Waals surface area contributed by atoms with Crippen LogP contribution in [-0.2, 0) is 0 Å². The summed E-state index contributed by atoms with van der Waals surface area (Å²) in [6.07, 6.45) is 9.36. The highest BCUT2D eigenvalue weighted by Gasteiger charge is 2.26. The molecule has 0 radical (unpaired) electrons. The van der Waals surface area contributed by atoms with Gasteiger partial charge in [-0.05, 0) is 11.8 Å². The smallest absolute Gasteiger partial charge is 0.0414 e. The minimum Gasteiger partial charge on any atom is -0.0683 e. The summed E-state index contributed by atoms with van der Waals surface area (Å²) >= 11 is 0. The van der Waals surface area contributed by atoms with Crippen LogP contribution >= 0.6 is 0 Å². The van der Waals surface area contributed by atoms with Crippen LogP contribution in [-0.4, -0.2) is 0 Å². The molecule has 2 bridgehead atoms. The standard InChI is InChI=1S/C8H14.C2H6/c1-2-8-5-3-7(1)4-6-8;1-2/h7-8H,1-6H2;1-2H3. The van der Waals surface area contributed by atoms with Gasteiger partial charge in [0.2, 0.25) is 0 Å². The van der Waals surface area contributed by atoms with Crippen LogP contribution in [0, 0.1) is 11.8 Å². The van der Waals surface area contributed by atoms with E-state index in [-0.39, 0.29) is 0 Å². The van der Waals surface area contributed by atoms with Gasteiger partial charge in [-0.1, -0.05) is 52.4 Å². The molecule has 3 rings (SSSR count). The second-order valence-corrected chi connectivity index (χ2v) is 3.46. The monoisotopic (exact) mass is 140 g/mol. The largest absolute Gasteiger partial charge is 0.0683 e. The van der Waals surface area contributed by atoms with Gasteiger partial charge >= 0.3 is 0 Å². The van der Waals surface area contributed by atoms with Crippen molar-refractivity contribution in [3.63, 3.8) is 0 Å². The molecule has 3 aliphatic carbocycles. The highest BCUT2D eigenvalue weighted by atomic mass is 14.3. The molecule has 0 unspecified atom stereocenters. The molecule has 0 spiro atoms. The lowest BCUT2D eigenvalue weighted by Crippen LogP contribution is -2.21. The van der Waals surface area contributed by atoms with E-state index >= 15 is 0 Å². The Hall–Kier alpha value is 0. The van der Waals surface area contributed by atoms with E-state index in [1.165, 1.54) is 0 Å². The molecule has 0 amide bonds. The van der Waals surface area contributed by atoms with Crippen molar-refractivity contribution in [3.8, 4) is 0 Å². The van der Waals surface area contributed by atoms with Crippen LogP contribution in [0.2, 0.25) is 0 Å². The number of rotatable bonds is 0. The van der Waals surface area contributed by atoms with E-state index in [4.69, 9.17) is 0 Å². The Morgan fingerprint density at radius 1 is 0.600 bits per heavy atom. The summed E-state index contributed by atoms with van der Waals surface area (Å²) in [5.74, 6) is 2.31. The zero-order valence-electron chi connectivity index (χ0n) is 7.40. The molecular formula is C10H20. The fraction of sp³-hybridized carbons (Fsp3) is 1.00. The van der Waals surface area contributed by atoms with Gasteiger partial charge in [0.1, 0.15) is 0 Å². The second-order valence-electron chi connectivity index (χ2n) is 3.46. The predicted octanol–water partition coefficient (Wildman–Crippen LogP) is 3.61. The van der Waals surface area contributed by atoms with E-state index in [0.29, 0.717) is 0 Å². The molecular weight excluding hydrogens is 120 g/mol. The van der Waals surface area contributed by atoms with E-state index in [2.05, 4.69) is 0 Å². The van der Waals surface area contributed by atoms with Gasteiger partial charge in [-0.25, -0.2) is 0 Å². The van der Waals surface area contributed by atoms with Crippen LogP contribution in [0.1, 0.15) is 52.4 Å². The lowest BCUT2D eigenvalue weighted by molar-refractivity contribution is 0.176. The number of fused-ring (bicyclic) bond motifs is 3. The first-order valence-electron chi connectivity index (χ1n) is 4.95. The molecule has 0 nitrogen and oxygen atoms in total. The molecule has 10 heavy (non-hydrogen) atoms. The summed E-state index contributed by atoms with van der Waals surface area (Å²) in [7, 11) is 0. The van der Waals surface area contributed by atoms with Crippen LogP contribution in [0.5, 0.6) is 0 Å². The Balaban J connectivity index is 0.000000231. The van der Waals surface area contributed by atoms with Crippen LogP contribution in [0.3, 0.4) is 0 Å². The van der Waals surface area contributed by atoms with Gasteiger partial charge < -0.3 is 0 Å². The Morgan fingerprint density at radius 2 is 0.800 bits per heavy atom. The topological polar surface area (TPSA) is 0 Å². The molecule has 0 N–H and O–H groups in total. The molecule has 0 aromatic carbocycles. The first-order valence-corrected chi connectivity index (χ1v) is 4.95. The fourth-order valence-corrected chi connectivity index (χ4v) is 2.28. The molecule has 3 fully saturated rings. The fourth-order valence-electron chi connectivity index (χ4n) is 2.28. The number of hydrogen-bond acceptors (Lipinski definition) is 0. The molecule has 0 saturated heterocycles. The minimum absolute atomic E-state index is 1.15. The maximum Gasteiger partial charge on any atom is -0.0414 e. The maximum absolute atomic E-state index is 2.00. The third-order valence-electron chi connectivity index (χ3n) is 2.95. The van der Waals surface area contributed by atoms with Crippen molar-refractivity contribution >= 4 is 0 Å². The van der Waals surface area contributed by atoms with Crippen molar-refractivity contribution in [2.24, 2.45) is 11.8 Å². The normalized spacial score (nSPS) is 36.6. The van der Waals surface area contributed by atoms with Crippen LogP contribution in [0.4, 0.5) is 0 Å². The highest BCUT2D eigenvalue weighted by molar-refractivity contribution is 4.79. The third-order valence-corrected chi connectivity index (χ3v) is 2.95. The van der Waals surface area contributed by atoms with E-state index in [1.54, 1.807) is 38.5 Å². The molecule has 0 aromatic rings. The van der Waals surface area contributed by atoms with E-state index in [0.717, 1.165) is 11.8 Å². The molecule has 3 saturated carbocycles. The quantitative estimate of drug-likeness (QED) is 0.482. The van der Waals surface area contributed by atoms with Crippen molar-refractivity contribution in [3.05, 3.63) is 0 Å². The lowest BCUT2D eigenvalue weighted by atomic mass is 9.71. The summed E-state index contributed by atoms with van der Waals surface area (Å²) in [6.45, 7) is 4.00. The van der Waals surface area contributed by atoms with Crippen molar-refractivity contribution in [2.75, 3.05) is 0 Å². The molecule has 3 aliphatic rings. The van der Waals surface area contributed by atoms with Crippen molar-refractivity contribution in [1.29, 1.82) is 0 Å². The first-order chi connectivity index (χ1) is 4.95. The molecule has 0 heteroatoms. The average Bonchev–Trinajstić information content (AvgIpc) is 2.11. The van der Waals surface area contributed by atoms with Crippen molar-refractivity contribution < 1.29 is 0 Å². The Labute approximate surface area is 65.0 Å². The highest BCUT2D eigenvalue weighted by Crippen LogP contribution is 2.40. The van der Waals surface area contributed by atoms with Gasteiger partial charge in [-0.3, -0.25) is 0 Å². The maximum atomic E-state index is 2.00. The second kappa shape index (κ2) is 4.00. The lowest BCUT2D eigenvalue weighted by Gasteiger charge is -2.35. The predicted molar refractivity (Wildman–Crippen MR) is 46.0 cm³/mol. The molecule has 0 aromatic heterocycles. The van der Waals surface area contributed by atoms with Crippen LogP contribution in [0.15, 0.2) is 0 Å². The average molecular weight is 140 g/mol. The van der Waals surface area contributed by atoms with Gasteiger partial charge in [0.15, 0.2) is 0 Å². The summed E-state index contributed by atoms with van der Waals surface area (Å²) in [6, 6.07) is 0. The van der Waals surface area contributed by atoms with Crippen molar-refractivity contribution in [1.82, 2.24) is 0 Å². The van der Waals surface area contributed by atoms with E-state index in [1.807, 2.05) is 13.8 Å². The Kier molecular flexibility index (Phi) is 3.24. The molecule has 0 aliphatic heterocycles. The Bertz CT molecular complexity index is 55.0. The Morgan fingerprint density at radius 3 is 0.900 bits per heavy atom. The first kappa shape index (κ1) is 8.10. The molecule has 0 heterocycles. The zero-order valence-corrected chi connectivity index (χ0v) is 7.40. The summed E-state index contributed by atoms with van der Waals surface area (Å²) in [4.78, 5) is 0. The van der Waals surface area contributed by atoms with Crippen LogP contribution < -0.4 is 0 Å². The van der Waals surface area contributed by atoms with Gasteiger partial charge in [0, 0.05) is 0 Å². The molecule has 60 valence electrons. The van der Waals surface area contributed by atoms with Gasteiger partial charge in [0.05, 0.1) is 0 Å². The van der Waals surface area contributed by atoms with Gasteiger partial charge in [-0.15, -0.1) is 0 Å². The van der Waals surface area contributed by atoms with E-state index < -0.39 is 0 Å². The summed E-state index contributed by atoms with van der Waals surface area (Å²) in [5, 5.41) is 0. The zero-order chi connectivity index (χ0) is 7.40. The van der Waals surface area contributed by atoms with Gasteiger partial charge in [-0.2, -0.15) is 0 Å². The summed E-state index contributed by atoms with van der Waals surface area (Å²) in [5.41, 5.74) is 0. The SMILES string of the molecule is C1CC2CCC1CC2.CC. The molecule has 0 atom stereocenters. The van der Waals surface area contributed by atoms with Crippen LogP contribution in [0.25, 0.3) is 0 Å². The minimum atomic E-state index is 1.15. The van der Waals surface area contributed by atoms with Crippen molar-refractivity contribution in [2.45, 2.75) is 52.4 Å². The summed E-state index contributed by atoms with van der Waals surface area (Å²) < 4.78 is 0. The number of hydrogen-bond donors (Lipinski definition) is 0.